The summed E-state index contributed by atoms with van der Waals surface area (Å²) in [5.74, 6) is 0.980. The molecule has 2 N–H and O–H groups in total. The number of carbonyl (C=O) groups excluding carboxylic acids is 1. The maximum atomic E-state index is 11.8. The summed E-state index contributed by atoms with van der Waals surface area (Å²) in [4.78, 5) is 20.0. The third-order valence-electron chi connectivity index (χ3n) is 5.16. The van der Waals surface area contributed by atoms with E-state index in [1.54, 1.807) is 6.07 Å². The quantitative estimate of drug-likeness (QED) is 0.688. The van der Waals surface area contributed by atoms with E-state index in [-0.39, 0.29) is 12.0 Å². The predicted octanol–water partition coefficient (Wildman–Crippen LogP) is 4.07. The molecule has 138 valence electrons. The summed E-state index contributed by atoms with van der Waals surface area (Å²) < 4.78 is 4.81. The number of nitrogens with zero attached hydrogens (tertiary/aromatic N) is 1. The molecule has 5 nitrogen and oxygen atoms in total. The van der Waals surface area contributed by atoms with Gasteiger partial charge in [0.2, 0.25) is 0 Å². The van der Waals surface area contributed by atoms with Gasteiger partial charge in [-0.3, -0.25) is 0 Å². The van der Waals surface area contributed by atoms with Crippen LogP contribution < -0.4 is 5.32 Å². The van der Waals surface area contributed by atoms with Crippen molar-refractivity contribution < 1.29 is 9.53 Å². The molecule has 2 heterocycles. The number of hydrogen-bond donors (Lipinski definition) is 2. The summed E-state index contributed by atoms with van der Waals surface area (Å²) in [6.45, 7) is 0.988. The Morgan fingerprint density at radius 3 is 2.81 bits per heavy atom. The second-order valence-corrected chi connectivity index (χ2v) is 6.83. The van der Waals surface area contributed by atoms with Crippen molar-refractivity contribution in [1.82, 2.24) is 15.3 Å². The molecule has 2 unspecified atom stereocenters. The maximum Gasteiger partial charge on any atom is 0.337 e. The Bertz CT molecular complexity index is 920. The van der Waals surface area contributed by atoms with Crippen LogP contribution in [0, 0.1) is 0 Å². The molecule has 0 bridgehead atoms. The normalized spacial score (nSPS) is 19.6. The summed E-state index contributed by atoms with van der Waals surface area (Å²) in [6.07, 6.45) is 4.20. The minimum absolute atomic E-state index is 0.152. The first-order valence-corrected chi connectivity index (χ1v) is 9.28. The molecule has 0 spiro atoms. The second kappa shape index (κ2) is 7.76. The fraction of sp³-hybridized carbons (Fsp3) is 0.273. The summed E-state index contributed by atoms with van der Waals surface area (Å²) >= 11 is 0. The van der Waals surface area contributed by atoms with Crippen LogP contribution in [0.4, 0.5) is 0 Å². The summed E-state index contributed by atoms with van der Waals surface area (Å²) in [5, 5.41) is 3.62. The van der Waals surface area contributed by atoms with E-state index in [0.717, 1.165) is 36.5 Å². The van der Waals surface area contributed by atoms with E-state index >= 15 is 0 Å². The maximum absolute atomic E-state index is 11.8. The number of benzene rings is 2. The van der Waals surface area contributed by atoms with Gasteiger partial charge in [-0.05, 0) is 37.1 Å². The van der Waals surface area contributed by atoms with Crippen LogP contribution in [0.2, 0.25) is 0 Å². The van der Waals surface area contributed by atoms with Crippen LogP contribution >= 0.6 is 0 Å². The van der Waals surface area contributed by atoms with Crippen molar-refractivity contribution in [1.29, 1.82) is 0 Å². The van der Waals surface area contributed by atoms with Crippen LogP contribution in [-0.2, 0) is 4.74 Å². The number of aromatic nitrogens is 2. The molecule has 3 aromatic rings. The number of piperidine rings is 1. The molecular formula is C22H23N3O2. The van der Waals surface area contributed by atoms with Crippen molar-refractivity contribution in [3.63, 3.8) is 0 Å². The topological polar surface area (TPSA) is 67.0 Å². The number of imidazole rings is 1. The Morgan fingerprint density at radius 1 is 1.15 bits per heavy atom. The first-order valence-electron chi connectivity index (χ1n) is 9.28. The van der Waals surface area contributed by atoms with Crippen molar-refractivity contribution in [2.24, 2.45) is 0 Å². The molecule has 27 heavy (non-hydrogen) atoms. The zero-order valence-corrected chi connectivity index (χ0v) is 15.3. The standard InChI is InChI=1S/C22H23N3O2/c1-27-22(26)17-10-5-9-16(13-17)19-14-24-21(25-19)20-18(11-6-12-23-20)15-7-3-2-4-8-15/h2-5,7-10,13-14,18,20,23H,6,11-12H2,1H3,(H,24,25). The number of carbonyl (C=O) groups is 1. The Labute approximate surface area is 158 Å². The molecule has 0 radical (unpaired) electrons. The number of esters is 1. The van der Waals surface area contributed by atoms with Crippen LogP contribution in [0.3, 0.4) is 0 Å². The first-order chi connectivity index (χ1) is 13.3. The number of aromatic amines is 1. The number of methoxy groups -OCH3 is 1. The van der Waals surface area contributed by atoms with E-state index in [1.165, 1.54) is 12.7 Å². The zero-order valence-electron chi connectivity index (χ0n) is 15.3. The highest BCUT2D eigenvalue weighted by molar-refractivity contribution is 5.90. The van der Waals surface area contributed by atoms with Crippen molar-refractivity contribution in [2.75, 3.05) is 13.7 Å². The molecule has 1 saturated heterocycles. The van der Waals surface area contributed by atoms with Gasteiger partial charge in [-0.15, -0.1) is 0 Å². The van der Waals surface area contributed by atoms with Gasteiger partial charge in [0.1, 0.15) is 5.82 Å². The van der Waals surface area contributed by atoms with Crippen molar-refractivity contribution in [2.45, 2.75) is 24.8 Å². The summed E-state index contributed by atoms with van der Waals surface area (Å²) in [7, 11) is 1.39. The van der Waals surface area contributed by atoms with E-state index < -0.39 is 0 Å². The van der Waals surface area contributed by atoms with E-state index in [0.29, 0.717) is 11.5 Å². The van der Waals surface area contributed by atoms with Crippen molar-refractivity contribution >= 4 is 5.97 Å². The van der Waals surface area contributed by atoms with Gasteiger partial charge in [0.05, 0.1) is 24.4 Å². The Balaban J connectivity index is 1.62. The van der Waals surface area contributed by atoms with E-state index in [4.69, 9.17) is 9.72 Å². The van der Waals surface area contributed by atoms with Gasteiger partial charge in [0, 0.05) is 17.7 Å². The lowest BCUT2D eigenvalue weighted by atomic mass is 9.84. The summed E-state index contributed by atoms with van der Waals surface area (Å²) in [5.41, 5.74) is 3.58. The molecule has 2 atom stereocenters. The molecule has 0 aliphatic carbocycles. The zero-order chi connectivity index (χ0) is 18.6. The molecule has 0 saturated carbocycles. The Hall–Kier alpha value is -2.92. The third kappa shape index (κ3) is 3.64. The average Bonchev–Trinajstić information content (AvgIpc) is 3.24. The van der Waals surface area contributed by atoms with Crippen LogP contribution in [0.15, 0.2) is 60.8 Å². The van der Waals surface area contributed by atoms with Gasteiger partial charge in [-0.2, -0.15) is 0 Å². The first kappa shape index (κ1) is 17.5. The molecule has 4 rings (SSSR count). The highest BCUT2D eigenvalue weighted by Gasteiger charge is 2.29. The lowest BCUT2D eigenvalue weighted by molar-refractivity contribution is 0.0601. The van der Waals surface area contributed by atoms with Crippen LogP contribution in [0.5, 0.6) is 0 Å². The molecule has 1 fully saturated rings. The van der Waals surface area contributed by atoms with Crippen molar-refractivity contribution in [3.05, 3.63) is 77.7 Å². The number of nitrogens with one attached hydrogen (secondary N) is 2. The Kier molecular flexibility index (Phi) is 5.03. The van der Waals surface area contributed by atoms with Crippen LogP contribution in [-0.4, -0.2) is 29.6 Å². The fourth-order valence-electron chi connectivity index (χ4n) is 3.80. The summed E-state index contributed by atoms with van der Waals surface area (Å²) in [6, 6.07) is 18.1. The minimum atomic E-state index is -0.342. The molecular weight excluding hydrogens is 338 g/mol. The molecule has 0 amide bonds. The highest BCUT2D eigenvalue weighted by Crippen LogP contribution is 2.36. The second-order valence-electron chi connectivity index (χ2n) is 6.83. The lowest BCUT2D eigenvalue weighted by Crippen LogP contribution is -2.33. The van der Waals surface area contributed by atoms with E-state index in [9.17, 15) is 4.79 Å². The average molecular weight is 361 g/mol. The molecule has 5 heteroatoms. The Morgan fingerprint density at radius 2 is 2.00 bits per heavy atom. The third-order valence-corrected chi connectivity index (χ3v) is 5.16. The van der Waals surface area contributed by atoms with Gasteiger partial charge in [-0.1, -0.05) is 42.5 Å². The van der Waals surface area contributed by atoms with Gasteiger partial charge >= 0.3 is 5.97 Å². The van der Waals surface area contributed by atoms with Gasteiger partial charge in [0.25, 0.3) is 0 Å². The SMILES string of the molecule is COC(=O)c1cccc(-c2c[nH]c(C3NCCCC3c3ccccc3)n2)c1. The van der Waals surface area contributed by atoms with Crippen LogP contribution in [0.1, 0.15) is 46.5 Å². The molecule has 2 aromatic carbocycles. The number of H-pyrrole nitrogens is 1. The number of ether oxygens (including phenoxy) is 1. The number of rotatable bonds is 4. The highest BCUT2D eigenvalue weighted by atomic mass is 16.5. The van der Waals surface area contributed by atoms with E-state index in [2.05, 4.69) is 34.6 Å². The monoisotopic (exact) mass is 361 g/mol. The molecule has 1 aliphatic rings. The van der Waals surface area contributed by atoms with Gasteiger partial charge < -0.3 is 15.0 Å². The van der Waals surface area contributed by atoms with Crippen molar-refractivity contribution in [3.8, 4) is 11.3 Å². The fourth-order valence-corrected chi connectivity index (χ4v) is 3.80. The van der Waals surface area contributed by atoms with E-state index in [1.807, 2.05) is 30.5 Å². The predicted molar refractivity (Wildman–Crippen MR) is 105 cm³/mol. The number of hydrogen-bond acceptors (Lipinski definition) is 4. The van der Waals surface area contributed by atoms with Gasteiger partial charge in [0.15, 0.2) is 0 Å². The smallest absolute Gasteiger partial charge is 0.337 e. The van der Waals surface area contributed by atoms with Crippen LogP contribution in [0.25, 0.3) is 11.3 Å². The molecule has 1 aliphatic heterocycles. The molecule has 1 aromatic heterocycles. The largest absolute Gasteiger partial charge is 0.465 e. The minimum Gasteiger partial charge on any atom is -0.465 e. The lowest BCUT2D eigenvalue weighted by Gasteiger charge is -2.31. The van der Waals surface area contributed by atoms with Gasteiger partial charge in [-0.25, -0.2) is 9.78 Å².